The minimum atomic E-state index is -0.323. The van der Waals surface area contributed by atoms with E-state index in [1.807, 2.05) is 31.2 Å². The fraction of sp³-hybridized carbons (Fsp3) is 0.500. The zero-order valence-electron chi connectivity index (χ0n) is 14.9. The quantitative estimate of drug-likeness (QED) is 0.621. The molecule has 2 aliphatic heterocycles. The molecule has 3 rings (SSSR count). The number of thiocarbonyl (C=S) groups is 1. The predicted molar refractivity (Wildman–Crippen MR) is 105 cm³/mol. The van der Waals surface area contributed by atoms with Crippen molar-refractivity contribution < 1.29 is 9.53 Å². The summed E-state index contributed by atoms with van der Waals surface area (Å²) in [5.74, 6) is 0. The Labute approximate surface area is 159 Å². The first-order valence-electron chi connectivity index (χ1n) is 8.73. The summed E-state index contributed by atoms with van der Waals surface area (Å²) in [5.41, 5.74) is 1.97. The van der Waals surface area contributed by atoms with Crippen molar-refractivity contribution in [2.75, 3.05) is 55.6 Å². The zero-order valence-corrected chi connectivity index (χ0v) is 15.7. The van der Waals surface area contributed by atoms with Crippen molar-refractivity contribution in [1.29, 1.82) is 5.26 Å². The standard InChI is InChI=1S/C18H23N5O2S/c1-14(26)20-12-17-13-23(18(24)25-17)16-4-2-15(3-5-16)22-10-8-21(7-6-19)9-11-22/h2-5,17H,7-13H2,1H3,(H,20,26)/t17-/m0/s1. The average Bonchev–Trinajstić information content (AvgIpc) is 3.02. The van der Waals surface area contributed by atoms with E-state index in [0.717, 1.165) is 37.6 Å². The van der Waals surface area contributed by atoms with Crippen LogP contribution in [-0.2, 0) is 4.74 Å². The monoisotopic (exact) mass is 373 g/mol. The number of ether oxygens (including phenoxy) is 1. The molecule has 138 valence electrons. The molecule has 1 atom stereocenters. The maximum atomic E-state index is 12.1. The van der Waals surface area contributed by atoms with E-state index in [1.54, 1.807) is 4.90 Å². The van der Waals surface area contributed by atoms with Crippen LogP contribution in [0.3, 0.4) is 0 Å². The highest BCUT2D eigenvalue weighted by Crippen LogP contribution is 2.25. The lowest BCUT2D eigenvalue weighted by Crippen LogP contribution is -2.46. The Hall–Kier alpha value is -2.37. The number of nitrogens with one attached hydrogen (secondary N) is 1. The van der Waals surface area contributed by atoms with E-state index in [1.165, 1.54) is 0 Å². The number of cyclic esters (lactones) is 1. The third-order valence-electron chi connectivity index (χ3n) is 4.65. The lowest BCUT2D eigenvalue weighted by molar-refractivity contribution is 0.143. The largest absolute Gasteiger partial charge is 0.442 e. The van der Waals surface area contributed by atoms with Crippen LogP contribution in [0.1, 0.15) is 6.92 Å². The molecule has 1 N–H and O–H groups in total. The Morgan fingerprint density at radius 3 is 2.54 bits per heavy atom. The lowest BCUT2D eigenvalue weighted by Gasteiger charge is -2.35. The van der Waals surface area contributed by atoms with Crippen molar-refractivity contribution in [2.24, 2.45) is 0 Å². The summed E-state index contributed by atoms with van der Waals surface area (Å²) in [5, 5.41) is 11.8. The minimum Gasteiger partial charge on any atom is -0.442 e. The number of piperazine rings is 1. The molecule has 0 unspecified atom stereocenters. The van der Waals surface area contributed by atoms with E-state index in [4.69, 9.17) is 22.2 Å². The van der Waals surface area contributed by atoms with Crippen molar-refractivity contribution in [1.82, 2.24) is 10.2 Å². The van der Waals surface area contributed by atoms with Gasteiger partial charge in [0.1, 0.15) is 6.10 Å². The molecule has 0 aromatic heterocycles. The summed E-state index contributed by atoms with van der Waals surface area (Å²) in [6.45, 7) is 6.92. The SMILES string of the molecule is CC(=S)NC[C@H]1CN(c2ccc(N3CCN(CC#N)CC3)cc2)C(=O)O1. The molecule has 2 saturated heterocycles. The molecule has 2 fully saturated rings. The lowest BCUT2D eigenvalue weighted by atomic mass is 10.2. The van der Waals surface area contributed by atoms with Crippen molar-refractivity contribution in [3.63, 3.8) is 0 Å². The predicted octanol–water partition coefficient (Wildman–Crippen LogP) is 1.59. The summed E-state index contributed by atoms with van der Waals surface area (Å²) in [6.07, 6.45) is -0.523. The van der Waals surface area contributed by atoms with E-state index in [0.29, 0.717) is 24.6 Å². The number of nitriles is 1. The summed E-state index contributed by atoms with van der Waals surface area (Å²) < 4.78 is 5.38. The van der Waals surface area contributed by atoms with Gasteiger partial charge in [-0.05, 0) is 31.2 Å². The molecule has 0 aliphatic carbocycles. The second kappa shape index (κ2) is 8.34. The van der Waals surface area contributed by atoms with Crippen LogP contribution in [0.25, 0.3) is 0 Å². The smallest absolute Gasteiger partial charge is 0.414 e. The molecule has 8 heteroatoms. The fourth-order valence-corrected chi connectivity index (χ4v) is 3.29. The normalized spacial score (nSPS) is 20.6. The van der Waals surface area contributed by atoms with Crippen LogP contribution in [0.4, 0.5) is 16.2 Å². The number of benzene rings is 1. The van der Waals surface area contributed by atoms with Gasteiger partial charge in [0, 0.05) is 37.6 Å². The molecule has 0 saturated carbocycles. The van der Waals surface area contributed by atoms with Gasteiger partial charge in [-0.25, -0.2) is 4.79 Å². The van der Waals surface area contributed by atoms with E-state index in [2.05, 4.69) is 21.2 Å². The van der Waals surface area contributed by atoms with E-state index >= 15 is 0 Å². The van der Waals surface area contributed by atoms with Gasteiger partial charge < -0.3 is 15.0 Å². The molecule has 1 aromatic rings. The average molecular weight is 373 g/mol. The Morgan fingerprint density at radius 2 is 1.92 bits per heavy atom. The van der Waals surface area contributed by atoms with E-state index in [9.17, 15) is 4.79 Å². The number of nitrogens with zero attached hydrogens (tertiary/aromatic N) is 4. The summed E-state index contributed by atoms with van der Waals surface area (Å²) in [6, 6.07) is 10.2. The molecule has 0 spiro atoms. The first-order chi connectivity index (χ1) is 12.6. The van der Waals surface area contributed by atoms with Crippen LogP contribution in [0, 0.1) is 11.3 Å². The highest BCUT2D eigenvalue weighted by molar-refractivity contribution is 7.80. The first-order valence-corrected chi connectivity index (χ1v) is 9.14. The fourth-order valence-electron chi connectivity index (χ4n) is 3.20. The van der Waals surface area contributed by atoms with Crippen molar-refractivity contribution in [3.05, 3.63) is 24.3 Å². The van der Waals surface area contributed by atoms with E-state index < -0.39 is 0 Å². The molecule has 7 nitrogen and oxygen atoms in total. The highest BCUT2D eigenvalue weighted by atomic mass is 32.1. The molecule has 1 aromatic carbocycles. The number of hydrogen-bond acceptors (Lipinski definition) is 6. The van der Waals surface area contributed by atoms with Gasteiger partial charge in [0.25, 0.3) is 0 Å². The molecule has 2 aliphatic rings. The van der Waals surface area contributed by atoms with Crippen molar-refractivity contribution in [3.8, 4) is 6.07 Å². The van der Waals surface area contributed by atoms with Crippen molar-refractivity contribution >= 4 is 34.7 Å². The summed E-state index contributed by atoms with van der Waals surface area (Å²) in [4.78, 5) is 18.9. The maximum Gasteiger partial charge on any atom is 0.414 e. The number of hydrogen-bond donors (Lipinski definition) is 1. The van der Waals surface area contributed by atoms with Gasteiger partial charge in [-0.2, -0.15) is 5.26 Å². The highest BCUT2D eigenvalue weighted by Gasteiger charge is 2.32. The first kappa shape index (κ1) is 18.4. The molecule has 0 bridgehead atoms. The van der Waals surface area contributed by atoms with E-state index in [-0.39, 0.29) is 12.2 Å². The summed E-state index contributed by atoms with van der Waals surface area (Å²) >= 11 is 4.99. The second-order valence-electron chi connectivity index (χ2n) is 6.49. The maximum absolute atomic E-state index is 12.1. The van der Waals surface area contributed by atoms with Crippen molar-refractivity contribution in [2.45, 2.75) is 13.0 Å². The number of anilines is 2. The number of amides is 1. The van der Waals surface area contributed by atoms with Crippen LogP contribution in [0.15, 0.2) is 24.3 Å². The Bertz CT molecular complexity index is 695. The third kappa shape index (κ3) is 4.42. The Kier molecular flexibility index (Phi) is 5.91. The molecular formula is C18H23N5O2S. The van der Waals surface area contributed by atoms with Gasteiger partial charge in [-0.1, -0.05) is 12.2 Å². The van der Waals surface area contributed by atoms with Gasteiger partial charge in [-0.3, -0.25) is 9.80 Å². The van der Waals surface area contributed by atoms with Crippen LogP contribution in [-0.4, -0.2) is 67.9 Å². The molecule has 26 heavy (non-hydrogen) atoms. The Morgan fingerprint density at radius 1 is 1.27 bits per heavy atom. The van der Waals surface area contributed by atoms with Gasteiger partial charge in [0.15, 0.2) is 0 Å². The molecule has 0 radical (unpaired) electrons. The van der Waals surface area contributed by atoms with Gasteiger partial charge in [0.2, 0.25) is 0 Å². The number of rotatable bonds is 5. The molecule has 1 amide bonds. The van der Waals surface area contributed by atoms with Crippen LogP contribution in [0.5, 0.6) is 0 Å². The number of carbonyl (C=O) groups is 1. The topological polar surface area (TPSA) is 71.8 Å². The second-order valence-corrected chi connectivity index (χ2v) is 7.10. The molecular weight excluding hydrogens is 350 g/mol. The van der Waals surface area contributed by atoms with Crippen LogP contribution < -0.4 is 15.1 Å². The number of carbonyl (C=O) groups excluding carboxylic acids is 1. The van der Waals surface area contributed by atoms with Gasteiger partial charge >= 0.3 is 6.09 Å². The van der Waals surface area contributed by atoms with Crippen LogP contribution in [0.2, 0.25) is 0 Å². The summed E-state index contributed by atoms with van der Waals surface area (Å²) in [7, 11) is 0. The minimum absolute atomic E-state index is 0.201. The Balaban J connectivity index is 1.57. The van der Waals surface area contributed by atoms with Gasteiger partial charge in [-0.15, -0.1) is 0 Å². The molecule has 2 heterocycles. The zero-order chi connectivity index (χ0) is 18.5. The van der Waals surface area contributed by atoms with Gasteiger partial charge in [0.05, 0.1) is 30.7 Å². The third-order valence-corrected chi connectivity index (χ3v) is 4.79. The van der Waals surface area contributed by atoms with Crippen LogP contribution >= 0.6 is 12.2 Å².